The summed E-state index contributed by atoms with van der Waals surface area (Å²) < 4.78 is 5.51. The highest BCUT2D eigenvalue weighted by Gasteiger charge is 2.57. The lowest BCUT2D eigenvalue weighted by atomic mass is 9.68. The molecule has 6 heteroatoms. The fraction of sp³-hybridized carbons (Fsp3) is 0.619. The Morgan fingerprint density at radius 3 is 2.48 bits per heavy atom. The number of rotatable bonds is 3. The van der Waals surface area contributed by atoms with E-state index in [-0.39, 0.29) is 25.0 Å². The number of aliphatic carboxylic acids is 1. The van der Waals surface area contributed by atoms with Crippen molar-refractivity contribution in [3.05, 3.63) is 34.9 Å². The zero-order chi connectivity index (χ0) is 19.1. The number of hydrogen-bond acceptors (Lipinski definition) is 3. The van der Waals surface area contributed by atoms with Gasteiger partial charge in [-0.2, -0.15) is 0 Å². The normalized spacial score (nSPS) is 30.0. The van der Waals surface area contributed by atoms with E-state index < -0.39 is 16.8 Å². The third kappa shape index (κ3) is 3.05. The molecule has 3 fully saturated rings. The molecule has 0 bridgehead atoms. The molecule has 0 unspecified atom stereocenters. The molecule has 146 valence electrons. The fourth-order valence-corrected chi connectivity index (χ4v) is 5.42. The minimum Gasteiger partial charge on any atom is -0.481 e. The summed E-state index contributed by atoms with van der Waals surface area (Å²) in [6.45, 7) is 1.54. The zero-order valence-corrected chi connectivity index (χ0v) is 16.2. The quantitative estimate of drug-likeness (QED) is 0.856. The lowest BCUT2D eigenvalue weighted by Crippen LogP contribution is -2.49. The van der Waals surface area contributed by atoms with Crippen molar-refractivity contribution in [3.63, 3.8) is 0 Å². The van der Waals surface area contributed by atoms with Crippen LogP contribution in [-0.4, -0.2) is 48.2 Å². The van der Waals surface area contributed by atoms with E-state index in [9.17, 15) is 14.7 Å². The maximum atomic E-state index is 13.8. The molecule has 2 aliphatic heterocycles. The molecule has 1 aromatic carbocycles. The van der Waals surface area contributed by atoms with E-state index in [4.69, 9.17) is 16.3 Å². The predicted octanol–water partition coefficient (Wildman–Crippen LogP) is 3.49. The van der Waals surface area contributed by atoms with Crippen molar-refractivity contribution in [1.82, 2.24) is 4.90 Å². The molecule has 3 aliphatic rings. The molecule has 0 radical (unpaired) electrons. The molecular formula is C21H26ClNO4. The summed E-state index contributed by atoms with van der Waals surface area (Å²) in [4.78, 5) is 27.6. The van der Waals surface area contributed by atoms with E-state index in [0.717, 1.165) is 37.7 Å². The molecule has 1 aromatic rings. The third-order valence-corrected chi connectivity index (χ3v) is 7.14. The molecule has 1 aliphatic carbocycles. The minimum atomic E-state index is -0.955. The summed E-state index contributed by atoms with van der Waals surface area (Å²) in [6, 6.07) is 7.61. The number of likely N-dealkylation sites (tertiary alicyclic amines) is 1. The number of hydrogen-bond donors (Lipinski definition) is 1. The van der Waals surface area contributed by atoms with Crippen LogP contribution in [0.3, 0.4) is 0 Å². The first-order valence-corrected chi connectivity index (χ1v) is 10.2. The van der Waals surface area contributed by atoms with Crippen LogP contribution in [0.15, 0.2) is 24.3 Å². The Morgan fingerprint density at radius 2 is 1.85 bits per heavy atom. The SMILES string of the molecule is O=C(N1C[C@@H]2CCOC[C@]2(C(=O)O)C1)C1(c2ccc(Cl)cc2)CCCCC1. The van der Waals surface area contributed by atoms with Gasteiger partial charge in [-0.25, -0.2) is 0 Å². The number of fused-ring (bicyclic) bond motifs is 1. The largest absolute Gasteiger partial charge is 0.481 e. The van der Waals surface area contributed by atoms with E-state index >= 15 is 0 Å². The zero-order valence-electron chi connectivity index (χ0n) is 15.5. The van der Waals surface area contributed by atoms with Gasteiger partial charge in [0.15, 0.2) is 0 Å². The van der Waals surface area contributed by atoms with Crippen molar-refractivity contribution >= 4 is 23.5 Å². The number of amides is 1. The van der Waals surface area contributed by atoms with E-state index in [1.54, 1.807) is 0 Å². The van der Waals surface area contributed by atoms with Gasteiger partial charge in [0, 0.05) is 24.7 Å². The molecule has 2 heterocycles. The highest BCUT2D eigenvalue weighted by atomic mass is 35.5. The van der Waals surface area contributed by atoms with Crippen LogP contribution in [-0.2, 0) is 19.7 Å². The molecule has 27 heavy (non-hydrogen) atoms. The van der Waals surface area contributed by atoms with Crippen molar-refractivity contribution in [2.24, 2.45) is 11.3 Å². The van der Waals surface area contributed by atoms with Crippen LogP contribution in [0.4, 0.5) is 0 Å². The van der Waals surface area contributed by atoms with Crippen molar-refractivity contribution in [1.29, 1.82) is 0 Å². The number of ether oxygens (including phenoxy) is 1. The van der Waals surface area contributed by atoms with Crippen molar-refractivity contribution in [3.8, 4) is 0 Å². The molecular weight excluding hydrogens is 366 g/mol. The van der Waals surface area contributed by atoms with Gasteiger partial charge in [-0.3, -0.25) is 9.59 Å². The first kappa shape index (κ1) is 18.8. The van der Waals surface area contributed by atoms with Crippen LogP contribution < -0.4 is 0 Å². The minimum absolute atomic E-state index is 0.0291. The van der Waals surface area contributed by atoms with Crippen LogP contribution in [0, 0.1) is 11.3 Å². The molecule has 0 aromatic heterocycles. The van der Waals surface area contributed by atoms with E-state index in [0.29, 0.717) is 24.6 Å². The smallest absolute Gasteiger partial charge is 0.314 e. The summed E-state index contributed by atoms with van der Waals surface area (Å²) >= 11 is 6.06. The Kier molecular flexibility index (Phi) is 4.93. The summed E-state index contributed by atoms with van der Waals surface area (Å²) in [6.07, 6.45) is 5.48. The van der Waals surface area contributed by atoms with Gasteiger partial charge in [-0.05, 0) is 42.9 Å². The molecule has 2 saturated heterocycles. The fourth-order valence-electron chi connectivity index (χ4n) is 5.30. The van der Waals surface area contributed by atoms with Crippen molar-refractivity contribution in [2.45, 2.75) is 43.9 Å². The van der Waals surface area contributed by atoms with Gasteiger partial charge in [0.1, 0.15) is 5.41 Å². The standard InChI is InChI=1S/C21H26ClNO4/c22-17-6-4-15(5-7-17)20(9-2-1-3-10-20)18(24)23-12-16-8-11-27-14-21(16,13-23)19(25)26/h4-7,16H,1-3,8-14H2,(H,25,26)/t16-,21+/m0/s1. The Balaban J connectivity index is 1.66. The van der Waals surface area contributed by atoms with Gasteiger partial charge in [-0.15, -0.1) is 0 Å². The van der Waals surface area contributed by atoms with Gasteiger partial charge in [-0.1, -0.05) is 43.0 Å². The second-order valence-corrected chi connectivity index (χ2v) is 8.77. The second-order valence-electron chi connectivity index (χ2n) is 8.33. The Bertz CT molecular complexity index is 728. The summed E-state index contributed by atoms with van der Waals surface area (Å²) in [7, 11) is 0. The topological polar surface area (TPSA) is 66.8 Å². The molecule has 1 N–H and O–H groups in total. The average Bonchev–Trinajstić information content (AvgIpc) is 3.09. The van der Waals surface area contributed by atoms with E-state index in [2.05, 4.69) is 0 Å². The van der Waals surface area contributed by atoms with E-state index in [1.807, 2.05) is 29.2 Å². The Labute approximate surface area is 164 Å². The summed E-state index contributed by atoms with van der Waals surface area (Å²) in [5.74, 6) is -0.787. The number of benzene rings is 1. The van der Waals surface area contributed by atoms with E-state index in [1.165, 1.54) is 0 Å². The van der Waals surface area contributed by atoms with Crippen LogP contribution in [0.1, 0.15) is 44.1 Å². The Morgan fingerprint density at radius 1 is 1.15 bits per heavy atom. The Hall–Kier alpha value is -1.59. The highest BCUT2D eigenvalue weighted by Crippen LogP contribution is 2.46. The average molecular weight is 392 g/mol. The van der Waals surface area contributed by atoms with Crippen LogP contribution in [0.2, 0.25) is 5.02 Å². The van der Waals surface area contributed by atoms with Gasteiger partial charge in [0.2, 0.25) is 5.91 Å². The summed E-state index contributed by atoms with van der Waals surface area (Å²) in [5, 5.41) is 10.5. The number of nitrogens with zero attached hydrogens (tertiary/aromatic N) is 1. The van der Waals surface area contributed by atoms with Crippen LogP contribution >= 0.6 is 11.6 Å². The first-order valence-electron chi connectivity index (χ1n) is 9.85. The van der Waals surface area contributed by atoms with Crippen molar-refractivity contribution in [2.75, 3.05) is 26.3 Å². The lowest BCUT2D eigenvalue weighted by Gasteiger charge is -2.39. The predicted molar refractivity (Wildman–Crippen MR) is 102 cm³/mol. The van der Waals surface area contributed by atoms with Crippen LogP contribution in [0.5, 0.6) is 0 Å². The maximum Gasteiger partial charge on any atom is 0.314 e. The molecule has 1 saturated carbocycles. The number of halogens is 1. The lowest BCUT2D eigenvalue weighted by molar-refractivity contribution is -0.160. The number of carbonyl (C=O) groups excluding carboxylic acids is 1. The van der Waals surface area contributed by atoms with Gasteiger partial charge in [0.05, 0.1) is 12.0 Å². The molecule has 5 nitrogen and oxygen atoms in total. The highest BCUT2D eigenvalue weighted by molar-refractivity contribution is 6.30. The van der Waals surface area contributed by atoms with Crippen LogP contribution in [0.25, 0.3) is 0 Å². The first-order chi connectivity index (χ1) is 13.0. The molecule has 0 spiro atoms. The molecule has 2 atom stereocenters. The van der Waals surface area contributed by atoms with Crippen molar-refractivity contribution < 1.29 is 19.4 Å². The second kappa shape index (κ2) is 7.10. The summed E-state index contributed by atoms with van der Waals surface area (Å²) in [5.41, 5.74) is -0.507. The third-order valence-electron chi connectivity index (χ3n) is 6.89. The molecule has 4 rings (SSSR count). The number of carbonyl (C=O) groups is 2. The van der Waals surface area contributed by atoms with Gasteiger partial charge < -0.3 is 14.7 Å². The number of carboxylic acids is 1. The maximum absolute atomic E-state index is 13.8. The number of carboxylic acid groups (broad SMARTS) is 1. The van der Waals surface area contributed by atoms with Gasteiger partial charge >= 0.3 is 5.97 Å². The molecule has 1 amide bonds. The monoisotopic (exact) mass is 391 g/mol. The van der Waals surface area contributed by atoms with Gasteiger partial charge in [0.25, 0.3) is 0 Å².